The Morgan fingerprint density at radius 2 is 0.533 bits per heavy atom. The Bertz CT molecular complexity index is 135. The van der Waals surface area contributed by atoms with Gasteiger partial charge in [0.05, 0.1) is 0 Å². The summed E-state index contributed by atoms with van der Waals surface area (Å²) in [4.78, 5) is 0. The van der Waals surface area contributed by atoms with Crippen LogP contribution in [0.5, 0.6) is 0 Å². The Balaban J connectivity index is -0.000000480. The van der Waals surface area contributed by atoms with Crippen LogP contribution >= 0.6 is 0 Å². The molecule has 0 aromatic carbocycles. The SMILES string of the molecule is C1=C\CC/C=C\CC/C=C\CC/1.[Cl-].[Cl-].[Pt+2]. The summed E-state index contributed by atoms with van der Waals surface area (Å²) >= 11 is 0. The van der Waals surface area contributed by atoms with Gasteiger partial charge >= 0.3 is 21.1 Å². The first kappa shape index (κ1) is 20.8. The van der Waals surface area contributed by atoms with Gasteiger partial charge < -0.3 is 24.8 Å². The van der Waals surface area contributed by atoms with Gasteiger partial charge in [-0.2, -0.15) is 0 Å². The maximum absolute atomic E-state index is 2.29. The molecular formula is C12H18Cl2Pt. The van der Waals surface area contributed by atoms with Gasteiger partial charge in [-0.05, 0) is 38.5 Å². The van der Waals surface area contributed by atoms with E-state index < -0.39 is 0 Å². The van der Waals surface area contributed by atoms with Crippen LogP contribution in [0.1, 0.15) is 38.5 Å². The largest absolute Gasteiger partial charge is 2.00 e. The second-order valence-electron chi connectivity index (χ2n) is 3.15. The first-order chi connectivity index (χ1) is 6.00. The molecule has 0 radical (unpaired) electrons. The zero-order valence-electron chi connectivity index (χ0n) is 8.78. The topological polar surface area (TPSA) is 0 Å². The van der Waals surface area contributed by atoms with Gasteiger partial charge in [0.2, 0.25) is 0 Å². The summed E-state index contributed by atoms with van der Waals surface area (Å²) in [5.74, 6) is 0. The minimum absolute atomic E-state index is 0. The van der Waals surface area contributed by atoms with E-state index in [1.54, 1.807) is 0 Å². The molecular weight excluding hydrogens is 410 g/mol. The average Bonchev–Trinajstić information content (AvgIpc) is 2.05. The normalized spacial score (nSPS) is 22.4. The molecule has 0 saturated heterocycles. The molecule has 0 aliphatic heterocycles. The van der Waals surface area contributed by atoms with Gasteiger partial charge in [-0.3, -0.25) is 0 Å². The van der Waals surface area contributed by atoms with E-state index in [2.05, 4.69) is 36.5 Å². The van der Waals surface area contributed by atoms with Gasteiger partial charge in [0.25, 0.3) is 0 Å². The van der Waals surface area contributed by atoms with Crippen LogP contribution in [-0.2, 0) is 21.1 Å². The van der Waals surface area contributed by atoms with Crippen molar-refractivity contribution in [2.45, 2.75) is 38.5 Å². The molecule has 0 heterocycles. The van der Waals surface area contributed by atoms with Crippen LogP contribution in [0.3, 0.4) is 0 Å². The van der Waals surface area contributed by atoms with Crippen LogP contribution < -0.4 is 24.8 Å². The predicted octanol–water partition coefficient (Wildman–Crippen LogP) is -1.99. The summed E-state index contributed by atoms with van der Waals surface area (Å²) in [5.41, 5.74) is 0. The second kappa shape index (κ2) is 16.9. The van der Waals surface area contributed by atoms with Crippen molar-refractivity contribution in [1.29, 1.82) is 0 Å². The van der Waals surface area contributed by atoms with Crippen LogP contribution in [0.4, 0.5) is 0 Å². The van der Waals surface area contributed by atoms with E-state index >= 15 is 0 Å². The van der Waals surface area contributed by atoms with Crippen molar-refractivity contribution in [2.24, 2.45) is 0 Å². The first-order valence-corrected chi connectivity index (χ1v) is 4.95. The quantitative estimate of drug-likeness (QED) is 0.393. The minimum atomic E-state index is 0. The van der Waals surface area contributed by atoms with E-state index in [0.29, 0.717) is 0 Å². The summed E-state index contributed by atoms with van der Waals surface area (Å²) < 4.78 is 0. The molecule has 15 heavy (non-hydrogen) atoms. The van der Waals surface area contributed by atoms with Crippen LogP contribution in [-0.4, -0.2) is 0 Å². The van der Waals surface area contributed by atoms with Crippen molar-refractivity contribution in [2.75, 3.05) is 0 Å². The Morgan fingerprint density at radius 1 is 0.400 bits per heavy atom. The fraction of sp³-hybridized carbons (Fsp3) is 0.500. The fourth-order valence-electron chi connectivity index (χ4n) is 1.28. The molecule has 0 nitrogen and oxygen atoms in total. The van der Waals surface area contributed by atoms with Crippen molar-refractivity contribution >= 4 is 0 Å². The number of hydrogen-bond acceptors (Lipinski definition) is 0. The molecule has 3 heteroatoms. The van der Waals surface area contributed by atoms with Crippen molar-refractivity contribution < 1.29 is 45.9 Å². The number of halogens is 2. The molecule has 0 N–H and O–H groups in total. The number of allylic oxidation sites excluding steroid dienone is 6. The maximum atomic E-state index is 2.29. The van der Waals surface area contributed by atoms with E-state index in [9.17, 15) is 0 Å². The van der Waals surface area contributed by atoms with Gasteiger partial charge in [0.15, 0.2) is 0 Å². The van der Waals surface area contributed by atoms with Gasteiger partial charge in [-0.1, -0.05) is 36.5 Å². The summed E-state index contributed by atoms with van der Waals surface area (Å²) in [6.07, 6.45) is 21.0. The summed E-state index contributed by atoms with van der Waals surface area (Å²) in [5, 5.41) is 0. The van der Waals surface area contributed by atoms with E-state index in [-0.39, 0.29) is 45.9 Å². The van der Waals surface area contributed by atoms with Crippen molar-refractivity contribution in [3.8, 4) is 0 Å². The standard InChI is InChI=1S/C12H18.2ClH.Pt/c1-2-4-6-8-10-12-11-9-7-5-3-1;;;/h1-2,7-10H,3-6,11-12H2;2*1H;/q;;;+2/p-2/b2-1-,9-7-,10-8-;;;. The first-order valence-electron chi connectivity index (χ1n) is 4.95. The van der Waals surface area contributed by atoms with Gasteiger partial charge in [0.1, 0.15) is 0 Å². The Morgan fingerprint density at radius 3 is 0.667 bits per heavy atom. The molecule has 0 saturated carbocycles. The van der Waals surface area contributed by atoms with Crippen LogP contribution in [0.15, 0.2) is 36.5 Å². The van der Waals surface area contributed by atoms with Crippen molar-refractivity contribution in [3.63, 3.8) is 0 Å². The molecule has 1 rings (SSSR count). The molecule has 0 unspecified atom stereocenters. The molecule has 1 aliphatic carbocycles. The summed E-state index contributed by atoms with van der Waals surface area (Å²) in [6.45, 7) is 0. The molecule has 0 fully saturated rings. The molecule has 0 amide bonds. The summed E-state index contributed by atoms with van der Waals surface area (Å²) in [6, 6.07) is 0. The van der Waals surface area contributed by atoms with Crippen molar-refractivity contribution in [1.82, 2.24) is 0 Å². The fourth-order valence-corrected chi connectivity index (χ4v) is 1.28. The smallest absolute Gasteiger partial charge is 1.00 e. The molecule has 0 bridgehead atoms. The van der Waals surface area contributed by atoms with Crippen molar-refractivity contribution in [3.05, 3.63) is 36.5 Å². The average molecular weight is 428 g/mol. The van der Waals surface area contributed by atoms with Crippen LogP contribution in [0, 0.1) is 0 Å². The molecule has 1 aliphatic rings. The third-order valence-corrected chi connectivity index (χ3v) is 2.00. The molecule has 0 atom stereocenters. The molecule has 0 aromatic heterocycles. The Hall–Kier alpha value is 0.488. The van der Waals surface area contributed by atoms with E-state index in [0.717, 1.165) is 0 Å². The van der Waals surface area contributed by atoms with E-state index in [1.165, 1.54) is 38.5 Å². The number of hydrogen-bond donors (Lipinski definition) is 0. The second-order valence-corrected chi connectivity index (χ2v) is 3.15. The van der Waals surface area contributed by atoms with E-state index in [4.69, 9.17) is 0 Å². The molecule has 0 spiro atoms. The van der Waals surface area contributed by atoms with E-state index in [1.807, 2.05) is 0 Å². The zero-order valence-corrected chi connectivity index (χ0v) is 12.6. The Kier molecular flexibility index (Phi) is 23.5. The Labute approximate surface area is 120 Å². The summed E-state index contributed by atoms with van der Waals surface area (Å²) in [7, 11) is 0. The van der Waals surface area contributed by atoms with Gasteiger partial charge in [-0.25, -0.2) is 0 Å². The van der Waals surface area contributed by atoms with Gasteiger partial charge in [-0.15, -0.1) is 0 Å². The zero-order chi connectivity index (χ0) is 8.49. The predicted molar refractivity (Wildman–Crippen MR) is 55.1 cm³/mol. The van der Waals surface area contributed by atoms with Gasteiger partial charge in [0, 0.05) is 0 Å². The molecule has 90 valence electrons. The third-order valence-electron chi connectivity index (χ3n) is 2.00. The number of rotatable bonds is 0. The third kappa shape index (κ3) is 14.5. The molecule has 0 aromatic rings. The van der Waals surface area contributed by atoms with Crippen LogP contribution in [0.25, 0.3) is 0 Å². The minimum Gasteiger partial charge on any atom is -1.00 e. The van der Waals surface area contributed by atoms with Crippen LogP contribution in [0.2, 0.25) is 0 Å². The monoisotopic (exact) mass is 427 g/mol. The maximum Gasteiger partial charge on any atom is 2.00 e.